The topological polar surface area (TPSA) is 49.9 Å². The van der Waals surface area contributed by atoms with Crippen molar-refractivity contribution in [2.24, 2.45) is 0 Å². The van der Waals surface area contributed by atoms with Gasteiger partial charge in [-0.25, -0.2) is 4.39 Å². The predicted octanol–water partition coefficient (Wildman–Crippen LogP) is 3.33. The number of alkyl halides is 1. The number of carbonyl (C=O) groups excluding carboxylic acids is 2. The van der Waals surface area contributed by atoms with E-state index in [1.807, 2.05) is 36.4 Å². The first-order valence-corrected chi connectivity index (χ1v) is 10.1. The minimum absolute atomic E-state index is 0.0794. The zero-order valence-corrected chi connectivity index (χ0v) is 16.0. The molecule has 3 fully saturated rings. The minimum atomic E-state index is -1.54. The van der Waals surface area contributed by atoms with Crippen LogP contribution in [0.25, 0.3) is 0 Å². The molecule has 4 unspecified atom stereocenters. The van der Waals surface area contributed by atoms with Crippen molar-refractivity contribution in [3.05, 3.63) is 71.8 Å². The van der Waals surface area contributed by atoms with Gasteiger partial charge < -0.3 is 14.5 Å². The van der Waals surface area contributed by atoms with Crippen molar-refractivity contribution in [2.75, 3.05) is 13.1 Å². The van der Waals surface area contributed by atoms with E-state index in [1.54, 1.807) is 29.2 Å². The Hall–Kier alpha value is -2.73. The van der Waals surface area contributed by atoms with Gasteiger partial charge in [-0.1, -0.05) is 48.5 Å². The number of rotatable bonds is 2. The highest BCUT2D eigenvalue weighted by Crippen LogP contribution is 2.48. The van der Waals surface area contributed by atoms with E-state index in [1.165, 1.54) is 4.90 Å². The molecule has 0 aromatic heterocycles. The van der Waals surface area contributed by atoms with E-state index in [4.69, 9.17) is 4.74 Å². The van der Waals surface area contributed by atoms with Crippen LogP contribution in [0.15, 0.2) is 60.7 Å². The van der Waals surface area contributed by atoms with Crippen LogP contribution in [0, 0.1) is 0 Å². The normalized spacial score (nSPS) is 31.3. The molecule has 3 heterocycles. The van der Waals surface area contributed by atoms with E-state index in [-0.39, 0.29) is 37.0 Å². The van der Waals surface area contributed by atoms with Gasteiger partial charge in [0.1, 0.15) is 6.23 Å². The lowest BCUT2D eigenvalue weighted by Gasteiger charge is -2.40. The molecule has 0 radical (unpaired) electrons. The van der Waals surface area contributed by atoms with E-state index >= 15 is 4.39 Å². The molecule has 0 aliphatic carbocycles. The first-order chi connectivity index (χ1) is 14.1. The summed E-state index contributed by atoms with van der Waals surface area (Å²) in [5.74, 6) is -0.482. The summed E-state index contributed by atoms with van der Waals surface area (Å²) in [6.45, 7) is 0.173. The lowest BCUT2D eigenvalue weighted by atomic mass is 9.87. The van der Waals surface area contributed by atoms with E-state index in [9.17, 15) is 9.59 Å². The standard InChI is InChI=1S/C23H23FN2O3/c24-19-15-25(21(27)17-9-5-2-6-10-17)14-13-23(19)22(28)26-18(11-12-20(26)29-23)16-7-3-1-4-8-16/h1-10,18-20H,11-15H2. The van der Waals surface area contributed by atoms with Crippen molar-refractivity contribution in [2.45, 2.75) is 43.3 Å². The van der Waals surface area contributed by atoms with Crippen LogP contribution < -0.4 is 0 Å². The van der Waals surface area contributed by atoms with Gasteiger partial charge in [0.25, 0.3) is 11.8 Å². The van der Waals surface area contributed by atoms with Crippen molar-refractivity contribution in [1.29, 1.82) is 0 Å². The largest absolute Gasteiger partial charge is 0.339 e. The number of piperidine rings is 1. The van der Waals surface area contributed by atoms with Crippen LogP contribution in [0.3, 0.4) is 0 Å². The Labute approximate surface area is 169 Å². The molecule has 4 atom stereocenters. The van der Waals surface area contributed by atoms with Gasteiger partial charge in [-0.3, -0.25) is 9.59 Å². The maximum Gasteiger partial charge on any atom is 0.260 e. The van der Waals surface area contributed by atoms with Gasteiger partial charge in [0.05, 0.1) is 12.6 Å². The summed E-state index contributed by atoms with van der Waals surface area (Å²) in [6.07, 6.45) is -0.237. The molecule has 2 aromatic rings. The number of hydrogen-bond acceptors (Lipinski definition) is 3. The lowest BCUT2D eigenvalue weighted by molar-refractivity contribution is -0.153. The van der Waals surface area contributed by atoms with Crippen molar-refractivity contribution in [1.82, 2.24) is 9.80 Å². The van der Waals surface area contributed by atoms with E-state index < -0.39 is 11.8 Å². The van der Waals surface area contributed by atoms with Crippen LogP contribution in [0.1, 0.15) is 41.2 Å². The molecule has 0 bridgehead atoms. The van der Waals surface area contributed by atoms with Crippen molar-refractivity contribution < 1.29 is 18.7 Å². The molecule has 3 aliphatic rings. The van der Waals surface area contributed by atoms with Gasteiger partial charge in [-0.15, -0.1) is 0 Å². The van der Waals surface area contributed by atoms with Crippen LogP contribution in [0.4, 0.5) is 4.39 Å². The minimum Gasteiger partial charge on any atom is -0.339 e. The number of nitrogens with zero attached hydrogens (tertiary/aromatic N) is 2. The van der Waals surface area contributed by atoms with Crippen molar-refractivity contribution in [3.63, 3.8) is 0 Å². The highest BCUT2D eigenvalue weighted by molar-refractivity contribution is 5.95. The predicted molar refractivity (Wildman–Crippen MR) is 105 cm³/mol. The fraction of sp³-hybridized carbons (Fsp3) is 0.391. The number of ether oxygens (including phenoxy) is 1. The van der Waals surface area contributed by atoms with E-state index in [0.29, 0.717) is 18.5 Å². The van der Waals surface area contributed by atoms with Gasteiger partial charge in [0.15, 0.2) is 11.8 Å². The van der Waals surface area contributed by atoms with Crippen LogP contribution in [0.2, 0.25) is 0 Å². The number of halogens is 1. The van der Waals surface area contributed by atoms with Gasteiger partial charge in [0.2, 0.25) is 0 Å². The Morgan fingerprint density at radius 3 is 2.41 bits per heavy atom. The monoisotopic (exact) mass is 394 g/mol. The Morgan fingerprint density at radius 1 is 1.03 bits per heavy atom. The molecule has 2 aromatic carbocycles. The molecule has 150 valence electrons. The average molecular weight is 394 g/mol. The molecule has 6 heteroatoms. The van der Waals surface area contributed by atoms with Crippen molar-refractivity contribution in [3.8, 4) is 0 Å². The van der Waals surface area contributed by atoms with E-state index in [0.717, 1.165) is 12.0 Å². The van der Waals surface area contributed by atoms with Gasteiger partial charge in [0, 0.05) is 18.5 Å². The number of benzene rings is 2. The van der Waals surface area contributed by atoms with Crippen LogP contribution in [0.5, 0.6) is 0 Å². The van der Waals surface area contributed by atoms with Gasteiger partial charge in [-0.05, 0) is 30.5 Å². The molecule has 5 rings (SSSR count). The number of fused-ring (bicyclic) bond motifs is 1. The Balaban J connectivity index is 1.35. The molecular weight excluding hydrogens is 371 g/mol. The summed E-state index contributed by atoms with van der Waals surface area (Å²) in [7, 11) is 0. The molecule has 3 saturated heterocycles. The fourth-order valence-corrected chi connectivity index (χ4v) is 4.89. The quantitative estimate of drug-likeness (QED) is 0.785. The summed E-state index contributed by atoms with van der Waals surface area (Å²) in [4.78, 5) is 29.3. The Morgan fingerprint density at radius 2 is 1.72 bits per heavy atom. The first-order valence-electron chi connectivity index (χ1n) is 10.1. The zero-order valence-electron chi connectivity index (χ0n) is 16.0. The highest BCUT2D eigenvalue weighted by atomic mass is 19.1. The third-order valence-corrected chi connectivity index (χ3v) is 6.41. The second-order valence-electron chi connectivity index (χ2n) is 8.01. The average Bonchev–Trinajstić information content (AvgIpc) is 3.29. The summed E-state index contributed by atoms with van der Waals surface area (Å²) in [6, 6.07) is 18.6. The summed E-state index contributed by atoms with van der Waals surface area (Å²) in [5, 5.41) is 0. The zero-order chi connectivity index (χ0) is 20.0. The Kier molecular flexibility index (Phi) is 4.39. The van der Waals surface area contributed by atoms with E-state index in [2.05, 4.69) is 0 Å². The van der Waals surface area contributed by atoms with Crippen LogP contribution in [-0.4, -0.2) is 52.7 Å². The molecule has 2 amide bonds. The third kappa shape index (κ3) is 2.85. The van der Waals surface area contributed by atoms with Gasteiger partial charge in [-0.2, -0.15) is 0 Å². The number of amides is 2. The SMILES string of the molecule is O=C(c1ccccc1)N1CCC2(OC3CCC(c4ccccc4)N3C2=O)C(F)C1. The number of hydrogen-bond donors (Lipinski definition) is 0. The molecule has 3 aliphatic heterocycles. The maximum absolute atomic E-state index is 15.4. The number of likely N-dealkylation sites (tertiary alicyclic amines) is 1. The molecule has 0 N–H and O–H groups in total. The van der Waals surface area contributed by atoms with Crippen molar-refractivity contribution >= 4 is 11.8 Å². The summed E-state index contributed by atoms with van der Waals surface area (Å²) >= 11 is 0. The molecule has 0 saturated carbocycles. The second-order valence-corrected chi connectivity index (χ2v) is 8.01. The molecule has 29 heavy (non-hydrogen) atoms. The van der Waals surface area contributed by atoms with Crippen LogP contribution in [-0.2, 0) is 9.53 Å². The smallest absolute Gasteiger partial charge is 0.260 e. The molecule has 1 spiro atoms. The maximum atomic E-state index is 15.4. The summed E-state index contributed by atoms with van der Waals surface area (Å²) < 4.78 is 21.5. The second kappa shape index (κ2) is 6.95. The highest BCUT2D eigenvalue weighted by Gasteiger charge is 2.62. The third-order valence-electron chi connectivity index (χ3n) is 6.41. The molecular formula is C23H23FN2O3. The fourth-order valence-electron chi connectivity index (χ4n) is 4.89. The Bertz CT molecular complexity index is 922. The van der Waals surface area contributed by atoms with Gasteiger partial charge >= 0.3 is 0 Å². The lowest BCUT2D eigenvalue weighted by Crippen LogP contribution is -2.59. The first kappa shape index (κ1) is 18.3. The number of carbonyl (C=O) groups is 2. The summed E-state index contributed by atoms with van der Waals surface area (Å²) in [5.41, 5.74) is 0.112. The van der Waals surface area contributed by atoms with Crippen LogP contribution >= 0.6 is 0 Å². The molecule has 5 nitrogen and oxygen atoms in total.